The van der Waals surface area contributed by atoms with Gasteiger partial charge in [0.05, 0.1) is 22.5 Å². The molecule has 0 bridgehead atoms. The zero-order valence-corrected chi connectivity index (χ0v) is 23.6. The molecule has 0 radical (unpaired) electrons. The number of hydrogen-bond donors (Lipinski definition) is 1. The number of esters is 1. The molecule has 0 aromatic heterocycles. The zero-order chi connectivity index (χ0) is 29.8. The first-order chi connectivity index (χ1) is 18.8. The molecule has 1 N–H and O–H groups in total. The number of nitro groups is 1. The van der Waals surface area contributed by atoms with Gasteiger partial charge >= 0.3 is 5.97 Å². The summed E-state index contributed by atoms with van der Waals surface area (Å²) in [6.45, 7) is 5.99. The minimum Gasteiger partial charge on any atom is -0.456 e. The number of nitrogens with zero attached hydrogens (tertiary/aromatic N) is 3. The standard InChI is InChI=1S/C27H26ClN3O8S/c1-15(32)20-22(28)30(23(20)33)21(24(34)38-14-16-9-11-18(12-10-16)31(36)37)25(40-26(35)27(2,3)4)39-19-8-6-5-7-17(19)13-29/h5-12,15,20,22,32H,14H2,1-4H3/t15-,20-,22-/m1/s1. The summed E-state index contributed by atoms with van der Waals surface area (Å²) in [4.78, 5) is 50.9. The number of thioether (sulfide) groups is 1. The fourth-order valence-corrected chi connectivity index (χ4v) is 4.86. The van der Waals surface area contributed by atoms with E-state index in [2.05, 4.69) is 0 Å². The monoisotopic (exact) mass is 587 g/mol. The second-order valence-corrected chi connectivity index (χ2v) is 11.2. The largest absolute Gasteiger partial charge is 0.456 e. The summed E-state index contributed by atoms with van der Waals surface area (Å²) in [7, 11) is 0. The van der Waals surface area contributed by atoms with E-state index in [1.165, 1.54) is 43.3 Å². The second kappa shape index (κ2) is 12.5. The van der Waals surface area contributed by atoms with Gasteiger partial charge in [-0.2, -0.15) is 5.26 Å². The number of aliphatic hydroxyl groups excluding tert-OH is 1. The van der Waals surface area contributed by atoms with Gasteiger partial charge in [0.1, 0.15) is 23.9 Å². The number of aliphatic hydroxyl groups is 1. The van der Waals surface area contributed by atoms with Crippen LogP contribution in [0.1, 0.15) is 38.8 Å². The van der Waals surface area contributed by atoms with E-state index in [0.717, 1.165) is 4.90 Å². The van der Waals surface area contributed by atoms with Gasteiger partial charge in [-0.25, -0.2) is 4.79 Å². The number of carbonyl (C=O) groups excluding carboxylic acids is 3. The Labute approximate surface area is 239 Å². The van der Waals surface area contributed by atoms with Crippen LogP contribution in [-0.4, -0.2) is 43.5 Å². The number of para-hydroxylation sites is 1. The molecule has 13 heteroatoms. The van der Waals surface area contributed by atoms with Gasteiger partial charge in [-0.15, -0.1) is 0 Å². The van der Waals surface area contributed by atoms with E-state index in [0.29, 0.717) is 17.3 Å². The predicted molar refractivity (Wildman–Crippen MR) is 145 cm³/mol. The van der Waals surface area contributed by atoms with E-state index < -0.39 is 50.5 Å². The van der Waals surface area contributed by atoms with E-state index in [1.807, 2.05) is 6.07 Å². The number of likely N-dealkylation sites (tertiary alicyclic amines) is 1. The summed E-state index contributed by atoms with van der Waals surface area (Å²) in [5.41, 5.74) is -2.21. The first kappa shape index (κ1) is 30.6. The number of halogens is 1. The molecule has 210 valence electrons. The Kier molecular flexibility index (Phi) is 9.57. The summed E-state index contributed by atoms with van der Waals surface area (Å²) < 4.78 is 11.4. The number of amides is 1. The minimum atomic E-state index is -1.18. The normalized spacial score (nSPS) is 18.1. The quantitative estimate of drug-likeness (QED) is 0.0648. The van der Waals surface area contributed by atoms with Gasteiger partial charge in [0, 0.05) is 17.5 Å². The number of hydrogen-bond acceptors (Lipinski definition) is 10. The van der Waals surface area contributed by atoms with Crippen molar-refractivity contribution < 1.29 is 33.9 Å². The number of alkyl halides is 1. The Bertz CT molecular complexity index is 1400. The Morgan fingerprint density at radius 1 is 1.23 bits per heavy atom. The van der Waals surface area contributed by atoms with Gasteiger partial charge < -0.3 is 14.6 Å². The number of rotatable bonds is 9. The van der Waals surface area contributed by atoms with Crippen molar-refractivity contribution in [2.75, 3.05) is 0 Å². The van der Waals surface area contributed by atoms with Crippen LogP contribution in [0.5, 0.6) is 5.75 Å². The SMILES string of the molecule is C[C@@H](O)[C@H]1C(=O)N(C(C(=O)OCc2ccc([N+](=O)[O-])cc2)=C(Oc2ccccc2C#N)SC(=O)C(C)(C)C)[C@H]1Cl. The fourth-order valence-electron chi connectivity index (χ4n) is 3.46. The lowest BCUT2D eigenvalue weighted by Crippen LogP contribution is -2.62. The fraction of sp³-hybridized carbons (Fsp3) is 0.333. The molecule has 2 aromatic carbocycles. The summed E-state index contributed by atoms with van der Waals surface area (Å²) in [5.74, 6) is -2.80. The highest BCUT2D eigenvalue weighted by atomic mass is 35.5. The molecule has 3 rings (SSSR count). The van der Waals surface area contributed by atoms with Crippen molar-refractivity contribution in [2.45, 2.75) is 45.9 Å². The van der Waals surface area contributed by atoms with E-state index >= 15 is 0 Å². The van der Waals surface area contributed by atoms with Crippen LogP contribution in [0, 0.1) is 32.8 Å². The molecule has 1 fully saturated rings. The van der Waals surface area contributed by atoms with Crippen molar-refractivity contribution in [3.8, 4) is 11.8 Å². The highest BCUT2D eigenvalue weighted by molar-refractivity contribution is 8.16. The molecule has 11 nitrogen and oxygen atoms in total. The third-order valence-corrected chi connectivity index (χ3v) is 7.46. The summed E-state index contributed by atoms with van der Waals surface area (Å²) in [6.07, 6.45) is -1.13. The van der Waals surface area contributed by atoms with Crippen LogP contribution in [0.3, 0.4) is 0 Å². The zero-order valence-electron chi connectivity index (χ0n) is 22.0. The molecule has 1 amide bonds. The Morgan fingerprint density at radius 3 is 2.38 bits per heavy atom. The van der Waals surface area contributed by atoms with Crippen molar-refractivity contribution in [3.63, 3.8) is 0 Å². The van der Waals surface area contributed by atoms with Crippen molar-refractivity contribution in [1.82, 2.24) is 4.90 Å². The molecule has 1 aliphatic heterocycles. The number of carbonyl (C=O) groups is 3. The minimum absolute atomic E-state index is 0.0149. The molecule has 3 atom stereocenters. The lowest BCUT2D eigenvalue weighted by molar-refractivity contribution is -0.384. The van der Waals surface area contributed by atoms with E-state index in [4.69, 9.17) is 21.1 Å². The topological polar surface area (TPSA) is 160 Å². The summed E-state index contributed by atoms with van der Waals surface area (Å²) >= 11 is 6.98. The molecule has 0 unspecified atom stereocenters. The van der Waals surface area contributed by atoms with Crippen molar-refractivity contribution >= 4 is 46.0 Å². The predicted octanol–water partition coefficient (Wildman–Crippen LogP) is 4.47. The van der Waals surface area contributed by atoms with Gasteiger partial charge in [0.25, 0.3) is 5.69 Å². The average molecular weight is 588 g/mol. The molecule has 1 saturated heterocycles. The number of benzene rings is 2. The molecule has 0 spiro atoms. The Balaban J connectivity index is 2.09. The molecular formula is C27H26ClN3O8S. The van der Waals surface area contributed by atoms with Crippen molar-refractivity contribution in [2.24, 2.45) is 11.3 Å². The molecular weight excluding hydrogens is 562 g/mol. The number of β-lactam (4-membered cyclic amide) rings is 1. The molecule has 0 saturated carbocycles. The smallest absolute Gasteiger partial charge is 0.359 e. The molecule has 1 aliphatic rings. The number of ether oxygens (including phenoxy) is 2. The highest BCUT2D eigenvalue weighted by Gasteiger charge is 2.53. The lowest BCUT2D eigenvalue weighted by atomic mass is 9.92. The number of nitro benzene ring substituents is 1. The van der Waals surface area contributed by atoms with Crippen LogP contribution in [0.2, 0.25) is 0 Å². The third kappa shape index (κ3) is 6.80. The van der Waals surface area contributed by atoms with E-state index in [1.54, 1.807) is 32.9 Å². The van der Waals surface area contributed by atoms with Gasteiger partial charge in [-0.05, 0) is 48.5 Å². The van der Waals surface area contributed by atoms with Gasteiger partial charge in [0.15, 0.2) is 10.8 Å². The lowest BCUT2D eigenvalue weighted by Gasteiger charge is -2.45. The van der Waals surface area contributed by atoms with Crippen LogP contribution in [0.4, 0.5) is 5.69 Å². The maximum Gasteiger partial charge on any atom is 0.359 e. The van der Waals surface area contributed by atoms with Crippen LogP contribution in [-0.2, 0) is 25.7 Å². The van der Waals surface area contributed by atoms with Gasteiger partial charge in [-0.3, -0.25) is 24.6 Å². The highest BCUT2D eigenvalue weighted by Crippen LogP contribution is 2.41. The second-order valence-electron chi connectivity index (χ2n) is 9.83. The average Bonchev–Trinajstić information content (AvgIpc) is 2.89. The summed E-state index contributed by atoms with van der Waals surface area (Å²) in [6, 6.07) is 13.4. The summed E-state index contributed by atoms with van der Waals surface area (Å²) in [5, 5.41) is 29.7. The Hall–Kier alpha value is -3.92. The Morgan fingerprint density at radius 2 is 1.85 bits per heavy atom. The molecule has 0 aliphatic carbocycles. The van der Waals surface area contributed by atoms with E-state index in [-0.39, 0.29) is 28.7 Å². The molecule has 1 heterocycles. The number of nitriles is 1. The third-order valence-electron chi connectivity index (χ3n) is 5.74. The maximum absolute atomic E-state index is 13.5. The van der Waals surface area contributed by atoms with Crippen molar-refractivity contribution in [1.29, 1.82) is 5.26 Å². The number of non-ortho nitro benzene ring substituents is 1. The van der Waals surface area contributed by atoms with Crippen LogP contribution in [0.15, 0.2) is 59.3 Å². The van der Waals surface area contributed by atoms with Crippen LogP contribution < -0.4 is 4.74 Å². The first-order valence-corrected chi connectivity index (χ1v) is 13.2. The van der Waals surface area contributed by atoms with Gasteiger partial charge in [0.2, 0.25) is 11.0 Å². The maximum atomic E-state index is 13.5. The van der Waals surface area contributed by atoms with Crippen molar-refractivity contribution in [3.05, 3.63) is 80.6 Å². The van der Waals surface area contributed by atoms with Crippen LogP contribution in [0.25, 0.3) is 0 Å². The first-order valence-electron chi connectivity index (χ1n) is 12.0. The van der Waals surface area contributed by atoms with E-state index in [9.17, 15) is 34.9 Å². The van der Waals surface area contributed by atoms with Gasteiger partial charge in [-0.1, -0.05) is 44.5 Å². The molecule has 2 aromatic rings. The molecule has 40 heavy (non-hydrogen) atoms. The van der Waals surface area contributed by atoms with Crippen LogP contribution >= 0.6 is 23.4 Å².